The van der Waals surface area contributed by atoms with Crippen molar-refractivity contribution in [3.05, 3.63) is 88.4 Å². The van der Waals surface area contributed by atoms with Crippen LogP contribution in [0.1, 0.15) is 24.5 Å². The fourth-order valence-corrected chi connectivity index (χ4v) is 5.86. The molecule has 2 aliphatic rings. The summed E-state index contributed by atoms with van der Waals surface area (Å²) in [6.07, 6.45) is -9.23. The van der Waals surface area contributed by atoms with E-state index in [1.54, 1.807) is 30.3 Å². The van der Waals surface area contributed by atoms with Gasteiger partial charge in [-0.15, -0.1) is 0 Å². The van der Waals surface area contributed by atoms with Gasteiger partial charge in [0.15, 0.2) is 12.0 Å². The molecule has 2 aliphatic heterocycles. The third kappa shape index (κ3) is 8.10. The molecule has 2 aromatic carbocycles. The molecule has 0 bridgehead atoms. The van der Waals surface area contributed by atoms with Crippen LogP contribution in [0.15, 0.2) is 72.0 Å². The first-order valence-electron chi connectivity index (χ1n) is 13.4. The number of ketones is 1. The standard InChI is InChI=1S/C27H27F3N5O10P/c1-16(25(40)42-14-17-6-3-2-4-7-17)32-46(41,45-20-9-5-8-18(12-20)27(28,29)30)43-15-26(33-34-31)23(39)22(38)24(44-26)35-11-10-19(36)13-21(35)37/h2-12,16,22-24,38-39H,13-15H2,1H3,(H,32,41)/t16-,22+,23-,24+,26+,46?/m0/s1. The summed E-state index contributed by atoms with van der Waals surface area (Å²) in [6.45, 7) is -0.177. The highest BCUT2D eigenvalue weighted by Gasteiger charge is 2.58. The molecule has 4 rings (SSSR count). The second-order valence-corrected chi connectivity index (χ2v) is 11.8. The van der Waals surface area contributed by atoms with Gasteiger partial charge in [-0.05, 0) is 42.3 Å². The summed E-state index contributed by atoms with van der Waals surface area (Å²) in [5.74, 6) is -2.96. The van der Waals surface area contributed by atoms with Crippen LogP contribution in [-0.4, -0.2) is 69.6 Å². The molecular formula is C27H27F3N5O10P. The number of nitrogens with zero attached hydrogens (tertiary/aromatic N) is 4. The number of esters is 1. The van der Waals surface area contributed by atoms with Crippen LogP contribution in [-0.2, 0) is 45.7 Å². The maximum absolute atomic E-state index is 14.0. The second-order valence-electron chi connectivity index (χ2n) is 10.1. The van der Waals surface area contributed by atoms with Gasteiger partial charge < -0.3 is 24.2 Å². The lowest BCUT2D eigenvalue weighted by atomic mass is 10.1. The van der Waals surface area contributed by atoms with Gasteiger partial charge in [-0.1, -0.05) is 41.5 Å². The molecular weight excluding hydrogens is 642 g/mol. The van der Waals surface area contributed by atoms with Gasteiger partial charge in [0.25, 0.3) is 0 Å². The first-order valence-corrected chi connectivity index (χ1v) is 14.9. The predicted octanol–water partition coefficient (Wildman–Crippen LogP) is 3.33. The number of allylic oxidation sites excluding steroid dienone is 1. The molecule has 2 heterocycles. The third-order valence-electron chi connectivity index (χ3n) is 6.68. The zero-order valence-corrected chi connectivity index (χ0v) is 24.7. The molecule has 0 aliphatic carbocycles. The van der Waals surface area contributed by atoms with Crippen LogP contribution < -0.4 is 9.61 Å². The Morgan fingerprint density at radius 3 is 2.61 bits per heavy atom. The Labute approximate surface area is 258 Å². The van der Waals surface area contributed by atoms with Crippen LogP contribution >= 0.6 is 7.75 Å². The van der Waals surface area contributed by atoms with Crippen LogP contribution in [0.2, 0.25) is 0 Å². The summed E-state index contributed by atoms with van der Waals surface area (Å²) in [7, 11) is -4.97. The molecule has 0 aromatic heterocycles. The number of alkyl halides is 3. The lowest BCUT2D eigenvalue weighted by Crippen LogP contribution is -2.46. The van der Waals surface area contributed by atoms with Crippen molar-refractivity contribution in [3.8, 4) is 5.75 Å². The van der Waals surface area contributed by atoms with E-state index in [0.29, 0.717) is 11.6 Å². The molecule has 1 saturated heterocycles. The van der Waals surface area contributed by atoms with Gasteiger partial charge in [0, 0.05) is 11.1 Å². The zero-order chi connectivity index (χ0) is 33.7. The number of azide groups is 1. The maximum atomic E-state index is 14.0. The Morgan fingerprint density at radius 1 is 1.24 bits per heavy atom. The normalized spacial score (nSPS) is 25.0. The topological polar surface area (TPSA) is 210 Å². The first-order chi connectivity index (χ1) is 21.7. The molecule has 1 amide bonds. The van der Waals surface area contributed by atoms with Crippen molar-refractivity contribution in [3.63, 3.8) is 0 Å². The monoisotopic (exact) mass is 669 g/mol. The number of ether oxygens (including phenoxy) is 2. The summed E-state index contributed by atoms with van der Waals surface area (Å²) < 4.78 is 75.5. The summed E-state index contributed by atoms with van der Waals surface area (Å²) in [5, 5.41) is 27.1. The molecule has 1 fully saturated rings. The largest absolute Gasteiger partial charge is 0.460 e. The molecule has 2 aromatic rings. The molecule has 3 N–H and O–H groups in total. The van der Waals surface area contributed by atoms with E-state index in [1.165, 1.54) is 6.92 Å². The highest BCUT2D eigenvalue weighted by atomic mass is 31.2. The van der Waals surface area contributed by atoms with E-state index in [0.717, 1.165) is 35.4 Å². The SMILES string of the molecule is C[C@H](NP(=O)(OC[C@@]1(N=[N+]=[N-])O[C@@H](N2C=CC(=O)CC2=O)[C@H](O)[C@@H]1O)Oc1cccc(C(F)(F)F)c1)C(=O)OCc1ccccc1. The number of hydrogen-bond acceptors (Lipinski definition) is 11. The van der Waals surface area contributed by atoms with E-state index < -0.39 is 86.1 Å². The van der Waals surface area contributed by atoms with Crippen molar-refractivity contribution in [1.82, 2.24) is 9.99 Å². The Hall–Kier alpha value is -4.28. The van der Waals surface area contributed by atoms with Gasteiger partial charge in [0.2, 0.25) is 11.6 Å². The van der Waals surface area contributed by atoms with Crippen LogP contribution in [0.25, 0.3) is 10.4 Å². The molecule has 46 heavy (non-hydrogen) atoms. The summed E-state index contributed by atoms with van der Waals surface area (Å²) >= 11 is 0. The van der Waals surface area contributed by atoms with Gasteiger partial charge in [-0.2, -0.15) is 18.3 Å². The number of rotatable bonds is 12. The lowest BCUT2D eigenvalue weighted by molar-refractivity contribution is -0.159. The zero-order valence-electron chi connectivity index (χ0n) is 23.8. The van der Waals surface area contributed by atoms with Crippen LogP contribution in [0.4, 0.5) is 13.2 Å². The van der Waals surface area contributed by atoms with Gasteiger partial charge in [0.1, 0.15) is 30.6 Å². The molecule has 0 saturated carbocycles. The highest BCUT2D eigenvalue weighted by molar-refractivity contribution is 7.52. The van der Waals surface area contributed by atoms with Gasteiger partial charge >= 0.3 is 19.9 Å². The Morgan fingerprint density at radius 2 is 1.96 bits per heavy atom. The number of aliphatic hydroxyl groups excluding tert-OH is 2. The Balaban J connectivity index is 1.59. The number of aliphatic hydroxyl groups is 2. The minimum atomic E-state index is -4.97. The number of carbonyl (C=O) groups excluding carboxylic acids is 3. The van der Waals surface area contributed by atoms with E-state index in [9.17, 15) is 47.9 Å². The minimum absolute atomic E-state index is 0.181. The van der Waals surface area contributed by atoms with E-state index in [2.05, 4.69) is 15.1 Å². The molecule has 0 spiro atoms. The van der Waals surface area contributed by atoms with Crippen molar-refractivity contribution in [2.45, 2.75) is 56.3 Å². The van der Waals surface area contributed by atoms with E-state index >= 15 is 0 Å². The molecule has 19 heteroatoms. The first kappa shape index (κ1) is 34.6. The van der Waals surface area contributed by atoms with Crippen molar-refractivity contribution in [1.29, 1.82) is 0 Å². The quantitative estimate of drug-likeness (QED) is 0.0745. The smallest absolute Gasteiger partial charge is 0.459 e. The van der Waals surface area contributed by atoms with Crippen molar-refractivity contribution in [2.75, 3.05) is 6.61 Å². The average Bonchev–Trinajstić information content (AvgIpc) is 3.24. The van der Waals surface area contributed by atoms with Gasteiger partial charge in [-0.3, -0.25) is 23.8 Å². The van der Waals surface area contributed by atoms with E-state index in [1.807, 2.05) is 0 Å². The highest BCUT2D eigenvalue weighted by Crippen LogP contribution is 2.48. The van der Waals surface area contributed by atoms with Gasteiger partial charge in [-0.25, -0.2) is 4.57 Å². The van der Waals surface area contributed by atoms with Gasteiger partial charge in [0.05, 0.1) is 18.6 Å². The van der Waals surface area contributed by atoms with Crippen molar-refractivity contribution < 1.29 is 60.9 Å². The molecule has 1 unspecified atom stereocenters. The maximum Gasteiger partial charge on any atom is 0.459 e. The number of carbonyl (C=O) groups is 3. The fraction of sp³-hybridized carbons (Fsp3) is 0.370. The Kier molecular flexibility index (Phi) is 10.5. The van der Waals surface area contributed by atoms with Crippen LogP contribution in [0, 0.1) is 0 Å². The van der Waals surface area contributed by atoms with Crippen LogP contribution in [0.5, 0.6) is 5.75 Å². The molecule has 246 valence electrons. The summed E-state index contributed by atoms with van der Waals surface area (Å²) in [4.78, 5) is 40.1. The van der Waals surface area contributed by atoms with Crippen molar-refractivity contribution >= 4 is 25.4 Å². The third-order valence-corrected chi connectivity index (χ3v) is 8.31. The van der Waals surface area contributed by atoms with Crippen LogP contribution in [0.3, 0.4) is 0 Å². The number of benzene rings is 2. The fourth-order valence-electron chi connectivity index (χ4n) is 4.35. The second kappa shape index (κ2) is 14.0. The number of amides is 1. The predicted molar refractivity (Wildman–Crippen MR) is 149 cm³/mol. The average molecular weight is 670 g/mol. The minimum Gasteiger partial charge on any atom is -0.460 e. The van der Waals surface area contributed by atoms with Crippen molar-refractivity contribution in [2.24, 2.45) is 5.11 Å². The van der Waals surface area contributed by atoms with E-state index in [4.69, 9.17) is 18.5 Å². The molecule has 6 atom stereocenters. The number of halogens is 3. The van der Waals surface area contributed by atoms with E-state index in [-0.39, 0.29) is 6.61 Å². The summed E-state index contributed by atoms with van der Waals surface area (Å²) in [5.41, 5.74) is 6.08. The molecule has 0 radical (unpaired) electrons. The number of nitrogens with one attached hydrogen (secondary N) is 1. The number of hydrogen-bond donors (Lipinski definition) is 3. The Bertz CT molecular complexity index is 1590. The summed E-state index contributed by atoms with van der Waals surface area (Å²) in [6, 6.07) is 10.2. The molecule has 15 nitrogen and oxygen atoms in total. The lowest BCUT2D eigenvalue weighted by Gasteiger charge is -2.31.